The second-order valence-electron chi connectivity index (χ2n) is 5.44. The third-order valence-electron chi connectivity index (χ3n) is 3.53. The van der Waals surface area contributed by atoms with E-state index in [9.17, 15) is 4.79 Å². The molecule has 18 heavy (non-hydrogen) atoms. The second kappa shape index (κ2) is 5.65. The molecule has 0 spiro atoms. The molecule has 1 fully saturated rings. The third-order valence-corrected chi connectivity index (χ3v) is 3.53. The molecule has 0 saturated carbocycles. The van der Waals surface area contributed by atoms with Crippen molar-refractivity contribution in [2.24, 2.45) is 0 Å². The molecule has 1 atom stereocenters. The maximum atomic E-state index is 11.0. The van der Waals surface area contributed by atoms with Gasteiger partial charge in [0.2, 0.25) is 0 Å². The molecule has 1 aromatic heterocycles. The summed E-state index contributed by atoms with van der Waals surface area (Å²) in [7, 11) is 0. The van der Waals surface area contributed by atoms with Gasteiger partial charge in [0.05, 0.1) is 12.1 Å². The van der Waals surface area contributed by atoms with Crippen LogP contribution in [0.25, 0.3) is 0 Å². The fourth-order valence-corrected chi connectivity index (χ4v) is 2.74. The van der Waals surface area contributed by atoms with E-state index in [0.717, 1.165) is 18.0 Å². The molecule has 1 aromatic rings. The maximum Gasteiger partial charge on any atom is 0.195 e. The highest BCUT2D eigenvalue weighted by Gasteiger charge is 2.27. The summed E-state index contributed by atoms with van der Waals surface area (Å²) in [5.41, 5.74) is 0.756. The van der Waals surface area contributed by atoms with Crippen LogP contribution in [0.1, 0.15) is 45.2 Å². The number of rotatable bonds is 5. The lowest BCUT2D eigenvalue weighted by atomic mass is 10.1. The Morgan fingerprint density at radius 1 is 1.61 bits per heavy atom. The minimum absolute atomic E-state index is 0.125. The highest BCUT2D eigenvalue weighted by molar-refractivity contribution is 5.77. The van der Waals surface area contributed by atoms with E-state index in [1.165, 1.54) is 19.4 Å². The van der Waals surface area contributed by atoms with Crippen LogP contribution in [0.4, 0.5) is 0 Å². The van der Waals surface area contributed by atoms with Gasteiger partial charge in [0.15, 0.2) is 5.89 Å². The molecule has 1 saturated heterocycles. The minimum atomic E-state index is 0.125. The lowest BCUT2D eigenvalue weighted by Gasteiger charge is -2.27. The predicted octanol–water partition coefficient (Wildman–Crippen LogP) is 2.22. The van der Waals surface area contributed by atoms with Crippen LogP contribution in [0.3, 0.4) is 0 Å². The van der Waals surface area contributed by atoms with Gasteiger partial charge in [-0.3, -0.25) is 9.69 Å². The normalized spacial score (nSPS) is 20.8. The first-order chi connectivity index (χ1) is 8.56. The van der Waals surface area contributed by atoms with Crippen LogP contribution >= 0.6 is 0 Å². The molecule has 0 amide bonds. The smallest absolute Gasteiger partial charge is 0.195 e. The average molecular weight is 250 g/mol. The summed E-state index contributed by atoms with van der Waals surface area (Å²) < 4.78 is 5.47. The number of hydrogen-bond acceptors (Lipinski definition) is 4. The Labute approximate surface area is 108 Å². The lowest BCUT2D eigenvalue weighted by molar-refractivity contribution is -0.116. The van der Waals surface area contributed by atoms with Gasteiger partial charge in [0, 0.05) is 18.5 Å². The van der Waals surface area contributed by atoms with Crippen LogP contribution in [0.5, 0.6) is 0 Å². The zero-order valence-electron chi connectivity index (χ0n) is 11.5. The molecule has 0 aliphatic carbocycles. The molecular weight excluding hydrogens is 228 g/mol. The van der Waals surface area contributed by atoms with E-state index in [0.29, 0.717) is 18.5 Å². The molecule has 4 heteroatoms. The number of likely N-dealkylation sites (tertiary alicyclic amines) is 1. The summed E-state index contributed by atoms with van der Waals surface area (Å²) in [5, 5.41) is 0. The van der Waals surface area contributed by atoms with Crippen LogP contribution < -0.4 is 0 Å². The second-order valence-corrected chi connectivity index (χ2v) is 5.44. The quantitative estimate of drug-likeness (QED) is 0.804. The average Bonchev–Trinajstić information content (AvgIpc) is 2.87. The zero-order valence-corrected chi connectivity index (χ0v) is 11.5. The van der Waals surface area contributed by atoms with Gasteiger partial charge < -0.3 is 4.42 Å². The van der Waals surface area contributed by atoms with Crippen molar-refractivity contribution in [3.63, 3.8) is 0 Å². The highest BCUT2D eigenvalue weighted by Crippen LogP contribution is 2.23. The standard InChI is InChI=1S/C14H22N2O2/c1-10(2)16-6-4-5-13(16)8-14-15-12(9-18-14)7-11(3)17/h9-10,13H,4-8H2,1-3H3. The minimum Gasteiger partial charge on any atom is -0.449 e. The Kier molecular flexibility index (Phi) is 4.17. The van der Waals surface area contributed by atoms with Gasteiger partial charge in [-0.15, -0.1) is 0 Å². The molecule has 0 aromatic carbocycles. The third kappa shape index (κ3) is 3.19. The molecular formula is C14H22N2O2. The van der Waals surface area contributed by atoms with E-state index >= 15 is 0 Å². The largest absolute Gasteiger partial charge is 0.449 e. The number of carbonyl (C=O) groups is 1. The molecule has 0 radical (unpaired) electrons. The highest BCUT2D eigenvalue weighted by atomic mass is 16.3. The van der Waals surface area contributed by atoms with Gasteiger partial charge >= 0.3 is 0 Å². The van der Waals surface area contributed by atoms with E-state index < -0.39 is 0 Å². The topological polar surface area (TPSA) is 46.3 Å². The van der Waals surface area contributed by atoms with E-state index in [1.54, 1.807) is 13.2 Å². The van der Waals surface area contributed by atoms with Crippen molar-refractivity contribution in [2.75, 3.05) is 6.54 Å². The lowest BCUT2D eigenvalue weighted by Crippen LogP contribution is -2.36. The maximum absolute atomic E-state index is 11.0. The summed E-state index contributed by atoms with van der Waals surface area (Å²) in [6, 6.07) is 1.11. The summed E-state index contributed by atoms with van der Waals surface area (Å²) in [6.07, 6.45) is 5.32. The molecule has 100 valence electrons. The van der Waals surface area contributed by atoms with E-state index in [-0.39, 0.29) is 5.78 Å². The number of carbonyl (C=O) groups excluding carboxylic acids is 1. The fraction of sp³-hybridized carbons (Fsp3) is 0.714. The molecule has 1 aliphatic rings. The van der Waals surface area contributed by atoms with Crippen LogP contribution in [0.15, 0.2) is 10.7 Å². The monoisotopic (exact) mass is 250 g/mol. The van der Waals surface area contributed by atoms with Crippen molar-refractivity contribution in [1.29, 1.82) is 0 Å². The summed E-state index contributed by atoms with van der Waals surface area (Å²) in [6.45, 7) is 7.21. The zero-order chi connectivity index (χ0) is 13.1. The number of Topliss-reactive ketones (excluding diaryl/α,β-unsaturated/α-hetero) is 1. The van der Waals surface area contributed by atoms with Gasteiger partial charge in [0.1, 0.15) is 12.0 Å². The van der Waals surface area contributed by atoms with Crippen molar-refractivity contribution in [1.82, 2.24) is 9.88 Å². The van der Waals surface area contributed by atoms with E-state index in [2.05, 4.69) is 23.7 Å². The number of oxazole rings is 1. The van der Waals surface area contributed by atoms with Gasteiger partial charge in [-0.2, -0.15) is 0 Å². The number of aromatic nitrogens is 1. The van der Waals surface area contributed by atoms with E-state index in [1.807, 2.05) is 0 Å². The Hall–Kier alpha value is -1.16. The van der Waals surface area contributed by atoms with Gasteiger partial charge in [0.25, 0.3) is 0 Å². The van der Waals surface area contributed by atoms with Crippen molar-refractivity contribution in [3.8, 4) is 0 Å². The Morgan fingerprint density at radius 2 is 2.39 bits per heavy atom. The van der Waals surface area contributed by atoms with Crippen LogP contribution in [0.2, 0.25) is 0 Å². The molecule has 2 heterocycles. The molecule has 0 N–H and O–H groups in total. The molecule has 1 unspecified atom stereocenters. The van der Waals surface area contributed by atoms with Gasteiger partial charge in [-0.1, -0.05) is 0 Å². The Bertz CT molecular complexity index is 412. The first-order valence-electron chi connectivity index (χ1n) is 6.74. The SMILES string of the molecule is CC(=O)Cc1coc(CC2CCCN2C(C)C)n1. The predicted molar refractivity (Wildman–Crippen MR) is 69.5 cm³/mol. The molecule has 1 aliphatic heterocycles. The number of ketones is 1. The summed E-state index contributed by atoms with van der Waals surface area (Å²) in [4.78, 5) is 17.9. The molecule has 2 rings (SSSR count). The fourth-order valence-electron chi connectivity index (χ4n) is 2.74. The Morgan fingerprint density at radius 3 is 3.06 bits per heavy atom. The van der Waals surface area contributed by atoms with Crippen molar-refractivity contribution >= 4 is 5.78 Å². The van der Waals surface area contributed by atoms with Crippen LogP contribution in [-0.4, -0.2) is 34.3 Å². The molecule has 0 bridgehead atoms. The van der Waals surface area contributed by atoms with Crippen molar-refractivity contribution < 1.29 is 9.21 Å². The van der Waals surface area contributed by atoms with Crippen LogP contribution in [0, 0.1) is 0 Å². The number of hydrogen-bond donors (Lipinski definition) is 0. The first-order valence-corrected chi connectivity index (χ1v) is 6.74. The summed E-state index contributed by atoms with van der Waals surface area (Å²) >= 11 is 0. The first kappa shape index (κ1) is 13.3. The van der Waals surface area contributed by atoms with E-state index in [4.69, 9.17) is 4.42 Å². The van der Waals surface area contributed by atoms with Crippen molar-refractivity contribution in [3.05, 3.63) is 17.8 Å². The van der Waals surface area contributed by atoms with Gasteiger partial charge in [-0.05, 0) is 40.2 Å². The Balaban J connectivity index is 1.96. The molecule has 4 nitrogen and oxygen atoms in total. The van der Waals surface area contributed by atoms with Crippen LogP contribution in [-0.2, 0) is 17.6 Å². The number of nitrogens with zero attached hydrogens (tertiary/aromatic N) is 2. The van der Waals surface area contributed by atoms with Gasteiger partial charge in [-0.25, -0.2) is 4.98 Å². The summed E-state index contributed by atoms with van der Waals surface area (Å²) in [5.74, 6) is 0.892. The van der Waals surface area contributed by atoms with Crippen molar-refractivity contribution in [2.45, 2.75) is 58.5 Å².